The van der Waals surface area contributed by atoms with Crippen LogP contribution in [0.25, 0.3) is 5.76 Å². The fourth-order valence-corrected chi connectivity index (χ4v) is 4.34. The minimum absolute atomic E-state index is 0.0802. The lowest BCUT2D eigenvalue weighted by atomic mass is 9.95. The van der Waals surface area contributed by atoms with Gasteiger partial charge in [0.2, 0.25) is 0 Å². The molecule has 8 heteroatoms. The smallest absolute Gasteiger partial charge is 0.338 e. The topological polar surface area (TPSA) is 102 Å². The lowest BCUT2D eigenvalue weighted by Gasteiger charge is -2.26. The third-order valence-corrected chi connectivity index (χ3v) is 5.99. The van der Waals surface area contributed by atoms with Gasteiger partial charge in [-0.3, -0.25) is 14.5 Å². The average molecular weight is 516 g/mol. The Kier molecular flexibility index (Phi) is 7.81. The fourth-order valence-electron chi connectivity index (χ4n) is 4.34. The molecule has 3 aromatic rings. The first-order valence-electron chi connectivity index (χ1n) is 12.2. The predicted octanol–water partition coefficient (Wildman–Crippen LogP) is 5.29. The van der Waals surface area contributed by atoms with Gasteiger partial charge < -0.3 is 19.3 Å². The number of aliphatic hydroxyl groups is 1. The summed E-state index contributed by atoms with van der Waals surface area (Å²) in [5.41, 5.74) is 1.37. The average Bonchev–Trinajstić information content (AvgIpc) is 3.18. The van der Waals surface area contributed by atoms with Gasteiger partial charge in [-0.15, -0.1) is 0 Å². The molecule has 0 aromatic heterocycles. The Morgan fingerprint density at radius 1 is 0.947 bits per heavy atom. The number of esters is 1. The highest BCUT2D eigenvalue weighted by molar-refractivity contribution is 6.51. The van der Waals surface area contributed by atoms with E-state index in [4.69, 9.17) is 14.2 Å². The standard InChI is InChI=1S/C30H29NO7/c1-5-37-30(35)21-9-6-10-22(16-21)31-26(19-12-14-23(36-4)15-13-19)25(28(33)29(31)34)27(32)20-8-7-11-24(17-20)38-18(2)3/h6-18,26,32H,5H2,1-4H3/b27-25+. The van der Waals surface area contributed by atoms with E-state index in [0.717, 1.165) is 0 Å². The molecular weight excluding hydrogens is 486 g/mol. The molecule has 1 saturated heterocycles. The van der Waals surface area contributed by atoms with E-state index in [0.29, 0.717) is 28.3 Å². The van der Waals surface area contributed by atoms with Gasteiger partial charge in [-0.1, -0.05) is 30.3 Å². The van der Waals surface area contributed by atoms with E-state index >= 15 is 0 Å². The molecule has 1 aliphatic rings. The second-order valence-electron chi connectivity index (χ2n) is 8.91. The van der Waals surface area contributed by atoms with Crippen LogP contribution in [0.4, 0.5) is 5.69 Å². The van der Waals surface area contributed by atoms with Gasteiger partial charge in [0.15, 0.2) is 0 Å². The number of ether oxygens (including phenoxy) is 3. The van der Waals surface area contributed by atoms with E-state index in [1.807, 2.05) is 13.8 Å². The summed E-state index contributed by atoms with van der Waals surface area (Å²) in [6.07, 6.45) is -0.0936. The molecular formula is C30H29NO7. The largest absolute Gasteiger partial charge is 0.507 e. The highest BCUT2D eigenvalue weighted by Crippen LogP contribution is 2.43. The maximum Gasteiger partial charge on any atom is 0.338 e. The minimum atomic E-state index is -0.965. The number of hydrogen-bond donors (Lipinski definition) is 1. The van der Waals surface area contributed by atoms with E-state index in [9.17, 15) is 19.5 Å². The van der Waals surface area contributed by atoms with E-state index in [1.165, 1.54) is 18.1 Å². The number of rotatable bonds is 8. The molecule has 1 unspecified atom stereocenters. The van der Waals surface area contributed by atoms with Gasteiger partial charge in [-0.05, 0) is 68.8 Å². The Hall–Kier alpha value is -4.59. The number of carbonyl (C=O) groups is 3. The molecule has 38 heavy (non-hydrogen) atoms. The number of hydrogen-bond acceptors (Lipinski definition) is 7. The molecule has 196 valence electrons. The molecule has 1 amide bonds. The first kappa shape index (κ1) is 26.5. The summed E-state index contributed by atoms with van der Waals surface area (Å²) in [7, 11) is 1.54. The van der Waals surface area contributed by atoms with Gasteiger partial charge in [-0.2, -0.15) is 0 Å². The number of anilines is 1. The molecule has 1 atom stereocenters. The third-order valence-electron chi connectivity index (χ3n) is 5.99. The Balaban J connectivity index is 1.89. The number of ketones is 1. The second-order valence-corrected chi connectivity index (χ2v) is 8.91. The summed E-state index contributed by atoms with van der Waals surface area (Å²) in [6.45, 7) is 5.66. The molecule has 0 spiro atoms. The van der Waals surface area contributed by atoms with E-state index < -0.39 is 23.7 Å². The Morgan fingerprint density at radius 3 is 2.29 bits per heavy atom. The second kappa shape index (κ2) is 11.2. The van der Waals surface area contributed by atoms with Crippen LogP contribution in [0.1, 0.15) is 48.3 Å². The van der Waals surface area contributed by atoms with E-state index in [1.54, 1.807) is 73.7 Å². The highest BCUT2D eigenvalue weighted by atomic mass is 16.5. The number of methoxy groups -OCH3 is 1. The maximum atomic E-state index is 13.4. The summed E-state index contributed by atoms with van der Waals surface area (Å²) < 4.78 is 16.1. The first-order chi connectivity index (χ1) is 18.2. The summed E-state index contributed by atoms with van der Waals surface area (Å²) >= 11 is 0. The molecule has 1 aliphatic heterocycles. The summed E-state index contributed by atoms with van der Waals surface area (Å²) in [6, 6.07) is 18.9. The number of nitrogens with zero attached hydrogens (tertiary/aromatic N) is 1. The molecule has 3 aromatic carbocycles. The van der Waals surface area contributed by atoms with Crippen LogP contribution in [0.15, 0.2) is 78.4 Å². The molecule has 4 rings (SSSR count). The van der Waals surface area contributed by atoms with Crippen molar-refractivity contribution in [3.63, 3.8) is 0 Å². The molecule has 1 heterocycles. The van der Waals surface area contributed by atoms with Crippen LogP contribution in [0.3, 0.4) is 0 Å². The quantitative estimate of drug-likeness (QED) is 0.188. The lowest BCUT2D eigenvalue weighted by Crippen LogP contribution is -2.29. The van der Waals surface area contributed by atoms with Crippen LogP contribution in [-0.4, -0.2) is 42.6 Å². The van der Waals surface area contributed by atoms with Crippen LogP contribution in [0, 0.1) is 0 Å². The van der Waals surface area contributed by atoms with Gasteiger partial charge in [0.05, 0.1) is 37.0 Å². The van der Waals surface area contributed by atoms with Gasteiger partial charge >= 0.3 is 5.97 Å². The van der Waals surface area contributed by atoms with Gasteiger partial charge in [0, 0.05) is 11.3 Å². The predicted molar refractivity (Wildman–Crippen MR) is 142 cm³/mol. The molecule has 0 aliphatic carbocycles. The van der Waals surface area contributed by atoms with Gasteiger partial charge in [-0.25, -0.2) is 4.79 Å². The van der Waals surface area contributed by atoms with Crippen molar-refractivity contribution in [1.29, 1.82) is 0 Å². The summed E-state index contributed by atoms with van der Waals surface area (Å²) in [5, 5.41) is 11.4. The van der Waals surface area contributed by atoms with Crippen molar-refractivity contribution in [2.75, 3.05) is 18.6 Å². The first-order valence-corrected chi connectivity index (χ1v) is 12.2. The zero-order valence-corrected chi connectivity index (χ0v) is 21.6. The zero-order chi connectivity index (χ0) is 27.4. The monoisotopic (exact) mass is 515 g/mol. The number of benzene rings is 3. The van der Waals surface area contributed by atoms with Crippen LogP contribution in [0.2, 0.25) is 0 Å². The van der Waals surface area contributed by atoms with Crippen LogP contribution in [-0.2, 0) is 14.3 Å². The zero-order valence-electron chi connectivity index (χ0n) is 21.6. The third kappa shape index (κ3) is 5.25. The van der Waals surface area contributed by atoms with Crippen molar-refractivity contribution in [3.8, 4) is 11.5 Å². The fraction of sp³-hybridized carbons (Fsp3) is 0.233. The van der Waals surface area contributed by atoms with Crippen molar-refractivity contribution in [1.82, 2.24) is 0 Å². The molecule has 1 N–H and O–H groups in total. The van der Waals surface area contributed by atoms with Crippen molar-refractivity contribution >= 4 is 29.1 Å². The normalized spacial score (nSPS) is 16.6. The van der Waals surface area contributed by atoms with E-state index in [-0.39, 0.29) is 29.6 Å². The summed E-state index contributed by atoms with van der Waals surface area (Å²) in [5.74, 6) is -1.45. The molecule has 0 saturated carbocycles. The van der Waals surface area contributed by atoms with E-state index in [2.05, 4.69) is 0 Å². The molecule has 1 fully saturated rings. The number of aliphatic hydroxyl groups excluding tert-OH is 1. The van der Waals surface area contributed by atoms with Gasteiger partial charge in [0.1, 0.15) is 17.3 Å². The minimum Gasteiger partial charge on any atom is -0.507 e. The van der Waals surface area contributed by atoms with Crippen molar-refractivity contribution in [2.24, 2.45) is 0 Å². The number of carbonyl (C=O) groups excluding carboxylic acids is 3. The Morgan fingerprint density at radius 2 is 1.63 bits per heavy atom. The number of amides is 1. The van der Waals surface area contributed by atoms with Crippen molar-refractivity contribution < 1.29 is 33.7 Å². The SMILES string of the molecule is CCOC(=O)c1cccc(N2C(=O)C(=O)/C(=C(/O)c3cccc(OC(C)C)c3)C2c2ccc(OC)cc2)c1. The molecule has 0 bridgehead atoms. The lowest BCUT2D eigenvalue weighted by molar-refractivity contribution is -0.132. The number of Topliss-reactive ketones (excluding diaryl/α,β-unsaturated/α-hetero) is 1. The summed E-state index contributed by atoms with van der Waals surface area (Å²) in [4.78, 5) is 40.5. The van der Waals surface area contributed by atoms with Crippen LogP contribution < -0.4 is 14.4 Å². The Bertz CT molecular complexity index is 1390. The van der Waals surface area contributed by atoms with Crippen LogP contribution >= 0.6 is 0 Å². The molecule has 0 radical (unpaired) electrons. The highest BCUT2D eigenvalue weighted by Gasteiger charge is 2.47. The van der Waals surface area contributed by atoms with Crippen LogP contribution in [0.5, 0.6) is 11.5 Å². The molecule has 8 nitrogen and oxygen atoms in total. The maximum absolute atomic E-state index is 13.4. The Labute approximate surface area is 221 Å². The van der Waals surface area contributed by atoms with Crippen molar-refractivity contribution in [2.45, 2.75) is 32.9 Å². The van der Waals surface area contributed by atoms with Crippen molar-refractivity contribution in [3.05, 3.63) is 95.1 Å². The van der Waals surface area contributed by atoms with Gasteiger partial charge in [0.25, 0.3) is 11.7 Å².